The molecule has 0 unspecified atom stereocenters. The summed E-state index contributed by atoms with van der Waals surface area (Å²) in [6.07, 6.45) is 1.62. The van der Waals surface area contributed by atoms with Gasteiger partial charge in [0.2, 0.25) is 0 Å². The van der Waals surface area contributed by atoms with Gasteiger partial charge in [0.1, 0.15) is 0 Å². The first-order chi connectivity index (χ1) is 10.6. The van der Waals surface area contributed by atoms with Gasteiger partial charge in [-0.05, 0) is 45.0 Å². The quantitative estimate of drug-likeness (QED) is 0.867. The van der Waals surface area contributed by atoms with Crippen molar-refractivity contribution in [3.63, 3.8) is 0 Å². The molecule has 0 radical (unpaired) electrons. The van der Waals surface area contributed by atoms with E-state index in [1.54, 1.807) is 18.3 Å². The third-order valence-corrected chi connectivity index (χ3v) is 3.54. The summed E-state index contributed by atoms with van der Waals surface area (Å²) in [4.78, 5) is 18.5. The molecule has 112 valence electrons. The molecular weight excluding hydrogens is 274 g/mol. The van der Waals surface area contributed by atoms with Gasteiger partial charge in [-0.2, -0.15) is 5.26 Å². The van der Waals surface area contributed by atoms with Crippen LogP contribution in [0, 0.1) is 11.3 Å². The molecule has 1 aromatic carbocycles. The van der Waals surface area contributed by atoms with Crippen molar-refractivity contribution in [1.82, 2.24) is 9.88 Å². The van der Waals surface area contributed by atoms with Crippen LogP contribution in [0.5, 0.6) is 0 Å². The molecule has 0 aliphatic carbocycles. The van der Waals surface area contributed by atoms with E-state index in [1.165, 1.54) is 0 Å². The average Bonchev–Trinajstić information content (AvgIpc) is 2.55. The molecule has 0 fully saturated rings. The van der Waals surface area contributed by atoms with Gasteiger partial charge in [0.25, 0.3) is 5.91 Å². The van der Waals surface area contributed by atoms with Gasteiger partial charge in [0.05, 0.1) is 17.3 Å². The molecule has 4 nitrogen and oxygen atoms in total. The monoisotopic (exact) mass is 293 g/mol. The molecule has 1 heterocycles. The SMILES string of the molecule is CCN(C(=O)c1ccc(-c2cc(C#N)ccn2)cc1)C(C)C. The minimum atomic E-state index is 0.0304. The fraction of sp³-hybridized carbons (Fsp3) is 0.278. The lowest BCUT2D eigenvalue weighted by Crippen LogP contribution is -2.36. The maximum absolute atomic E-state index is 12.4. The van der Waals surface area contributed by atoms with Gasteiger partial charge in [-0.3, -0.25) is 9.78 Å². The van der Waals surface area contributed by atoms with Gasteiger partial charge in [0, 0.05) is 29.9 Å². The first-order valence-electron chi connectivity index (χ1n) is 7.34. The maximum atomic E-state index is 12.4. The zero-order valence-corrected chi connectivity index (χ0v) is 13.1. The number of hydrogen-bond donors (Lipinski definition) is 0. The van der Waals surface area contributed by atoms with Crippen LogP contribution in [0.4, 0.5) is 0 Å². The molecule has 0 N–H and O–H groups in total. The van der Waals surface area contributed by atoms with Crippen molar-refractivity contribution in [2.45, 2.75) is 26.8 Å². The summed E-state index contributed by atoms with van der Waals surface area (Å²) in [7, 11) is 0. The minimum absolute atomic E-state index is 0.0304. The summed E-state index contributed by atoms with van der Waals surface area (Å²) in [5.74, 6) is 0.0304. The molecule has 0 saturated heterocycles. The van der Waals surface area contributed by atoms with Crippen LogP contribution in [0.3, 0.4) is 0 Å². The van der Waals surface area contributed by atoms with Crippen molar-refractivity contribution in [2.24, 2.45) is 0 Å². The Morgan fingerprint density at radius 3 is 2.50 bits per heavy atom. The Morgan fingerprint density at radius 1 is 1.27 bits per heavy atom. The molecule has 0 saturated carbocycles. The fourth-order valence-corrected chi connectivity index (χ4v) is 2.35. The van der Waals surface area contributed by atoms with E-state index >= 15 is 0 Å². The van der Waals surface area contributed by atoms with Crippen LogP contribution in [-0.2, 0) is 0 Å². The first-order valence-corrected chi connectivity index (χ1v) is 7.34. The number of carbonyl (C=O) groups excluding carboxylic acids is 1. The fourth-order valence-electron chi connectivity index (χ4n) is 2.35. The normalized spacial score (nSPS) is 10.3. The molecule has 2 rings (SSSR count). The maximum Gasteiger partial charge on any atom is 0.254 e. The summed E-state index contributed by atoms with van der Waals surface area (Å²) in [5.41, 5.74) is 2.85. The van der Waals surface area contributed by atoms with Crippen molar-refractivity contribution in [2.75, 3.05) is 6.54 Å². The lowest BCUT2D eigenvalue weighted by atomic mass is 10.1. The number of nitriles is 1. The van der Waals surface area contributed by atoms with E-state index in [4.69, 9.17) is 5.26 Å². The number of aromatic nitrogens is 1. The number of rotatable bonds is 4. The second-order valence-electron chi connectivity index (χ2n) is 5.30. The lowest BCUT2D eigenvalue weighted by Gasteiger charge is -2.25. The summed E-state index contributed by atoms with van der Waals surface area (Å²) < 4.78 is 0. The number of carbonyl (C=O) groups is 1. The summed E-state index contributed by atoms with van der Waals surface area (Å²) in [6, 6.07) is 13.0. The number of pyridine rings is 1. The molecule has 0 spiro atoms. The second kappa shape index (κ2) is 6.86. The van der Waals surface area contributed by atoms with Crippen LogP contribution in [0.25, 0.3) is 11.3 Å². The molecule has 1 aromatic heterocycles. The van der Waals surface area contributed by atoms with E-state index in [0.717, 1.165) is 11.3 Å². The van der Waals surface area contributed by atoms with Gasteiger partial charge in [-0.15, -0.1) is 0 Å². The van der Waals surface area contributed by atoms with E-state index in [-0.39, 0.29) is 11.9 Å². The van der Waals surface area contributed by atoms with Crippen LogP contribution < -0.4 is 0 Å². The highest BCUT2D eigenvalue weighted by molar-refractivity contribution is 5.94. The van der Waals surface area contributed by atoms with Crippen LogP contribution in [0.1, 0.15) is 36.7 Å². The number of nitrogens with zero attached hydrogens (tertiary/aromatic N) is 3. The highest BCUT2D eigenvalue weighted by Crippen LogP contribution is 2.19. The Morgan fingerprint density at radius 2 is 1.95 bits per heavy atom. The Labute approximate surface area is 131 Å². The van der Waals surface area contributed by atoms with Crippen LogP contribution in [-0.4, -0.2) is 28.4 Å². The predicted molar refractivity (Wildman–Crippen MR) is 86.2 cm³/mol. The third kappa shape index (κ3) is 3.32. The van der Waals surface area contributed by atoms with E-state index in [1.807, 2.05) is 49.9 Å². The Bertz CT molecular complexity index is 699. The third-order valence-electron chi connectivity index (χ3n) is 3.54. The Kier molecular flexibility index (Phi) is 4.90. The van der Waals surface area contributed by atoms with Crippen molar-refractivity contribution < 1.29 is 4.79 Å². The molecule has 0 aliphatic rings. The first kappa shape index (κ1) is 15.7. The van der Waals surface area contributed by atoms with E-state index in [0.29, 0.717) is 17.7 Å². The number of amides is 1. The summed E-state index contributed by atoms with van der Waals surface area (Å²) >= 11 is 0. The van der Waals surface area contributed by atoms with E-state index in [9.17, 15) is 4.79 Å². The molecule has 22 heavy (non-hydrogen) atoms. The van der Waals surface area contributed by atoms with Gasteiger partial charge in [0.15, 0.2) is 0 Å². The van der Waals surface area contributed by atoms with Crippen molar-refractivity contribution >= 4 is 5.91 Å². The van der Waals surface area contributed by atoms with Gasteiger partial charge >= 0.3 is 0 Å². The standard InChI is InChI=1S/C18H19N3O/c1-4-21(13(2)3)18(22)16-7-5-15(6-8-16)17-11-14(12-19)9-10-20-17/h5-11,13H,4H2,1-3H3. The largest absolute Gasteiger partial charge is 0.337 e. The average molecular weight is 293 g/mol. The van der Waals surface area contributed by atoms with Crippen molar-refractivity contribution in [3.05, 3.63) is 53.7 Å². The highest BCUT2D eigenvalue weighted by atomic mass is 16.2. The summed E-state index contributed by atoms with van der Waals surface area (Å²) in [6.45, 7) is 6.67. The van der Waals surface area contributed by atoms with E-state index in [2.05, 4.69) is 11.1 Å². The molecule has 0 atom stereocenters. The van der Waals surface area contributed by atoms with Crippen molar-refractivity contribution in [3.8, 4) is 17.3 Å². The molecule has 1 amide bonds. The lowest BCUT2D eigenvalue weighted by molar-refractivity contribution is 0.0717. The van der Waals surface area contributed by atoms with Crippen molar-refractivity contribution in [1.29, 1.82) is 5.26 Å². The van der Waals surface area contributed by atoms with Gasteiger partial charge in [-0.1, -0.05) is 12.1 Å². The molecule has 0 bridgehead atoms. The smallest absolute Gasteiger partial charge is 0.254 e. The minimum Gasteiger partial charge on any atom is -0.337 e. The van der Waals surface area contributed by atoms with Gasteiger partial charge < -0.3 is 4.90 Å². The zero-order valence-electron chi connectivity index (χ0n) is 13.1. The van der Waals surface area contributed by atoms with Crippen LogP contribution in [0.2, 0.25) is 0 Å². The molecule has 0 aliphatic heterocycles. The topological polar surface area (TPSA) is 57.0 Å². The zero-order chi connectivity index (χ0) is 16.1. The Balaban J connectivity index is 2.27. The molecule has 2 aromatic rings. The second-order valence-corrected chi connectivity index (χ2v) is 5.30. The molecular formula is C18H19N3O. The highest BCUT2D eigenvalue weighted by Gasteiger charge is 2.16. The van der Waals surface area contributed by atoms with Gasteiger partial charge in [-0.25, -0.2) is 0 Å². The predicted octanol–water partition coefficient (Wildman–Crippen LogP) is 3.49. The van der Waals surface area contributed by atoms with Crippen LogP contribution >= 0.6 is 0 Å². The summed E-state index contributed by atoms with van der Waals surface area (Å²) in [5, 5.41) is 8.94. The number of hydrogen-bond acceptors (Lipinski definition) is 3. The molecule has 4 heteroatoms. The Hall–Kier alpha value is -2.67. The number of benzene rings is 1. The van der Waals surface area contributed by atoms with Crippen LogP contribution in [0.15, 0.2) is 42.6 Å². The van der Waals surface area contributed by atoms with E-state index < -0.39 is 0 Å².